The molecular formula is C14H22N2O2Si. The molecule has 19 heavy (non-hydrogen) atoms. The van der Waals surface area contributed by atoms with Crippen molar-refractivity contribution in [2.75, 3.05) is 14.2 Å². The summed E-state index contributed by atoms with van der Waals surface area (Å²) in [4.78, 5) is 6.99. The first-order chi connectivity index (χ1) is 9.27. The zero-order chi connectivity index (χ0) is 13.9. The number of pyridine rings is 1. The Morgan fingerprint density at radius 3 is 2.21 bits per heavy atom. The van der Waals surface area contributed by atoms with Crippen LogP contribution in [-0.4, -0.2) is 33.5 Å². The predicted molar refractivity (Wildman–Crippen MR) is 79.4 cm³/mol. The third-order valence-electron chi connectivity index (χ3n) is 2.79. The lowest BCUT2D eigenvalue weighted by atomic mass is 10.1. The van der Waals surface area contributed by atoms with Crippen LogP contribution in [0.1, 0.15) is 18.5 Å². The molecule has 0 radical (unpaired) electrons. The van der Waals surface area contributed by atoms with Crippen molar-refractivity contribution in [2.24, 2.45) is 0 Å². The summed E-state index contributed by atoms with van der Waals surface area (Å²) in [6, 6.07) is 10.8. The molecule has 0 spiro atoms. The molecular weight excluding hydrogens is 256 g/mol. The second-order valence-corrected chi connectivity index (χ2v) is 6.46. The molecule has 4 nitrogen and oxygen atoms in total. The van der Waals surface area contributed by atoms with E-state index < -0.39 is 9.28 Å². The number of hydrogen-bond donors (Lipinski definition) is 1. The van der Waals surface area contributed by atoms with Gasteiger partial charge >= 0.3 is 9.28 Å². The van der Waals surface area contributed by atoms with Gasteiger partial charge in [-0.1, -0.05) is 13.0 Å². The molecule has 2 aromatic heterocycles. The Labute approximate surface area is 116 Å². The summed E-state index contributed by atoms with van der Waals surface area (Å²) in [6.45, 7) is 2.18. The normalized spacial score (nSPS) is 11.8. The SMILES string of the molecule is CO[SiH](CC(C)c1ccc[nH]1)OC.c1ccncc1. The smallest absolute Gasteiger partial charge is 0.321 e. The maximum Gasteiger partial charge on any atom is 0.321 e. The summed E-state index contributed by atoms with van der Waals surface area (Å²) in [7, 11) is 2.03. The Hall–Kier alpha value is -1.43. The van der Waals surface area contributed by atoms with Gasteiger partial charge in [-0.15, -0.1) is 0 Å². The summed E-state index contributed by atoms with van der Waals surface area (Å²) >= 11 is 0. The highest BCUT2D eigenvalue weighted by Crippen LogP contribution is 2.19. The van der Waals surface area contributed by atoms with Crippen LogP contribution in [0.15, 0.2) is 48.9 Å². The molecule has 2 aromatic rings. The summed E-state index contributed by atoms with van der Waals surface area (Å²) in [5.74, 6) is 0.492. The Morgan fingerprint density at radius 1 is 1.16 bits per heavy atom. The molecule has 0 bridgehead atoms. The van der Waals surface area contributed by atoms with Crippen molar-refractivity contribution < 1.29 is 8.85 Å². The van der Waals surface area contributed by atoms with E-state index in [1.807, 2.05) is 30.5 Å². The first-order valence-electron chi connectivity index (χ1n) is 6.31. The highest BCUT2D eigenvalue weighted by atomic mass is 28.3. The average Bonchev–Trinajstić information content (AvgIpc) is 3.01. The lowest BCUT2D eigenvalue weighted by Gasteiger charge is -2.15. The standard InChI is InChI=1S/C9H17NO2Si.C5H5N/c1-8(7-13(11-2)12-3)9-5-4-6-10-9;1-2-4-6-5-3-1/h4-6,8,10,13H,7H2,1-3H3;1-5H. The Kier molecular flexibility index (Phi) is 7.80. The highest BCUT2D eigenvalue weighted by Gasteiger charge is 2.16. The van der Waals surface area contributed by atoms with E-state index >= 15 is 0 Å². The fourth-order valence-corrected chi connectivity index (χ4v) is 3.08. The lowest BCUT2D eigenvalue weighted by Crippen LogP contribution is -2.21. The number of aromatic nitrogens is 2. The largest absolute Gasteiger partial charge is 0.400 e. The van der Waals surface area contributed by atoms with Crippen LogP contribution in [0.4, 0.5) is 0 Å². The summed E-state index contributed by atoms with van der Waals surface area (Å²) in [6.07, 6.45) is 5.45. The first kappa shape index (κ1) is 15.6. The van der Waals surface area contributed by atoms with Gasteiger partial charge in [0.25, 0.3) is 0 Å². The highest BCUT2D eigenvalue weighted by molar-refractivity contribution is 6.44. The van der Waals surface area contributed by atoms with Crippen LogP contribution in [0, 0.1) is 0 Å². The van der Waals surface area contributed by atoms with E-state index in [4.69, 9.17) is 8.85 Å². The van der Waals surface area contributed by atoms with Gasteiger partial charge < -0.3 is 13.8 Å². The predicted octanol–water partition coefficient (Wildman–Crippen LogP) is 2.71. The zero-order valence-electron chi connectivity index (χ0n) is 11.7. The van der Waals surface area contributed by atoms with Crippen LogP contribution in [0.5, 0.6) is 0 Å². The monoisotopic (exact) mass is 278 g/mol. The lowest BCUT2D eigenvalue weighted by molar-refractivity contribution is 0.275. The van der Waals surface area contributed by atoms with E-state index in [0.29, 0.717) is 5.92 Å². The van der Waals surface area contributed by atoms with Crippen LogP contribution in [0.3, 0.4) is 0 Å². The van der Waals surface area contributed by atoms with Crippen molar-refractivity contribution >= 4 is 9.28 Å². The summed E-state index contributed by atoms with van der Waals surface area (Å²) in [5, 5.41) is 0. The number of rotatable bonds is 5. The quantitative estimate of drug-likeness (QED) is 0.855. The number of nitrogens with zero attached hydrogens (tertiary/aromatic N) is 1. The number of hydrogen-bond acceptors (Lipinski definition) is 3. The van der Waals surface area contributed by atoms with Crippen molar-refractivity contribution in [3.63, 3.8) is 0 Å². The molecule has 0 aliphatic rings. The van der Waals surface area contributed by atoms with Crippen LogP contribution in [-0.2, 0) is 8.85 Å². The van der Waals surface area contributed by atoms with E-state index in [1.54, 1.807) is 26.6 Å². The van der Waals surface area contributed by atoms with Gasteiger partial charge in [0.2, 0.25) is 0 Å². The molecule has 5 heteroatoms. The third kappa shape index (κ3) is 6.33. The van der Waals surface area contributed by atoms with Gasteiger partial charge in [-0.25, -0.2) is 0 Å². The van der Waals surface area contributed by atoms with Gasteiger partial charge in [0.15, 0.2) is 0 Å². The molecule has 1 unspecified atom stereocenters. The molecule has 0 aliphatic heterocycles. The fraction of sp³-hybridized carbons (Fsp3) is 0.357. The topological polar surface area (TPSA) is 47.1 Å². The Morgan fingerprint density at radius 2 is 1.84 bits per heavy atom. The Balaban J connectivity index is 0.000000250. The minimum absolute atomic E-state index is 0.492. The second-order valence-electron chi connectivity index (χ2n) is 4.19. The van der Waals surface area contributed by atoms with Crippen LogP contribution < -0.4 is 0 Å². The third-order valence-corrected chi connectivity index (χ3v) is 4.93. The molecule has 2 heterocycles. The maximum atomic E-state index is 5.27. The second kappa shape index (κ2) is 9.49. The van der Waals surface area contributed by atoms with Crippen molar-refractivity contribution in [1.29, 1.82) is 0 Å². The number of H-pyrrole nitrogens is 1. The average molecular weight is 278 g/mol. The van der Waals surface area contributed by atoms with Crippen LogP contribution in [0.2, 0.25) is 6.04 Å². The van der Waals surface area contributed by atoms with Gasteiger partial charge in [-0.2, -0.15) is 0 Å². The molecule has 0 saturated heterocycles. The van der Waals surface area contributed by atoms with Crippen LogP contribution in [0.25, 0.3) is 0 Å². The maximum absolute atomic E-state index is 5.27. The van der Waals surface area contributed by atoms with E-state index in [0.717, 1.165) is 6.04 Å². The molecule has 0 aliphatic carbocycles. The van der Waals surface area contributed by atoms with Crippen molar-refractivity contribution in [3.8, 4) is 0 Å². The molecule has 0 saturated carbocycles. The van der Waals surface area contributed by atoms with Gasteiger partial charge in [0.1, 0.15) is 0 Å². The molecule has 2 rings (SSSR count). The minimum Gasteiger partial charge on any atom is -0.400 e. The molecule has 0 amide bonds. The number of aromatic amines is 1. The molecule has 0 aromatic carbocycles. The Bertz CT molecular complexity index is 378. The van der Waals surface area contributed by atoms with Gasteiger partial charge in [0, 0.05) is 38.5 Å². The first-order valence-corrected chi connectivity index (χ1v) is 8.07. The van der Waals surface area contributed by atoms with Gasteiger partial charge in [-0.3, -0.25) is 4.98 Å². The zero-order valence-corrected chi connectivity index (χ0v) is 12.9. The molecule has 1 atom stereocenters. The van der Waals surface area contributed by atoms with Gasteiger partial charge in [-0.05, 0) is 36.2 Å². The number of nitrogens with one attached hydrogen (secondary N) is 1. The van der Waals surface area contributed by atoms with E-state index in [1.165, 1.54) is 5.69 Å². The molecule has 0 fully saturated rings. The molecule has 104 valence electrons. The summed E-state index contributed by atoms with van der Waals surface area (Å²) in [5.41, 5.74) is 1.26. The summed E-state index contributed by atoms with van der Waals surface area (Å²) < 4.78 is 10.5. The van der Waals surface area contributed by atoms with E-state index in [9.17, 15) is 0 Å². The van der Waals surface area contributed by atoms with Crippen molar-refractivity contribution in [3.05, 3.63) is 54.6 Å². The van der Waals surface area contributed by atoms with Gasteiger partial charge in [0.05, 0.1) is 0 Å². The molecule has 1 N–H and O–H groups in total. The fourth-order valence-electron chi connectivity index (χ4n) is 1.67. The van der Waals surface area contributed by atoms with E-state index in [-0.39, 0.29) is 0 Å². The van der Waals surface area contributed by atoms with Crippen molar-refractivity contribution in [2.45, 2.75) is 18.9 Å². The van der Waals surface area contributed by atoms with Crippen LogP contribution >= 0.6 is 0 Å². The minimum atomic E-state index is -1.41. The van der Waals surface area contributed by atoms with Crippen molar-refractivity contribution in [1.82, 2.24) is 9.97 Å². The van der Waals surface area contributed by atoms with E-state index in [2.05, 4.69) is 23.0 Å².